The molecule has 118 valence electrons. The lowest BCUT2D eigenvalue weighted by Crippen LogP contribution is -2.15. The number of aliphatic carboxylic acids is 1. The van der Waals surface area contributed by atoms with Crippen molar-refractivity contribution in [3.63, 3.8) is 0 Å². The molecule has 1 N–H and O–H groups in total. The molecule has 0 saturated heterocycles. The smallest absolute Gasteiger partial charge is 0.320 e. The monoisotopic (exact) mass is 352 g/mol. The third kappa shape index (κ3) is 19.6. The van der Waals surface area contributed by atoms with Gasteiger partial charge in [-0.15, -0.1) is 34.8 Å². The van der Waals surface area contributed by atoms with Crippen molar-refractivity contribution in [1.29, 1.82) is 0 Å². The SMILES string of the molecule is O=C(CCl)OCCOCCOC(=O)CCl.O=C(O)CCl. The highest BCUT2D eigenvalue weighted by atomic mass is 35.5. The van der Waals surface area contributed by atoms with Crippen molar-refractivity contribution in [3.05, 3.63) is 0 Å². The topological polar surface area (TPSA) is 99.1 Å². The summed E-state index contributed by atoms with van der Waals surface area (Å²) in [6.07, 6.45) is 0. The number of ether oxygens (including phenoxy) is 3. The van der Waals surface area contributed by atoms with Crippen LogP contribution in [-0.4, -0.2) is 67.1 Å². The Morgan fingerprint density at radius 1 is 0.750 bits per heavy atom. The molecule has 10 heteroatoms. The molecule has 0 atom stereocenters. The summed E-state index contributed by atoms with van der Waals surface area (Å²) in [5.74, 6) is -2.62. The van der Waals surface area contributed by atoms with Gasteiger partial charge in [-0.1, -0.05) is 0 Å². The molecule has 0 aromatic heterocycles. The van der Waals surface area contributed by atoms with Gasteiger partial charge in [-0.3, -0.25) is 14.4 Å². The second-order valence-corrected chi connectivity index (χ2v) is 3.65. The summed E-state index contributed by atoms with van der Waals surface area (Å²) in [4.78, 5) is 30.3. The molecule has 0 spiro atoms. The number of esters is 2. The van der Waals surface area contributed by atoms with Crippen LogP contribution in [0.5, 0.6) is 0 Å². The van der Waals surface area contributed by atoms with Gasteiger partial charge in [0.25, 0.3) is 0 Å². The second kappa shape index (κ2) is 16.3. The van der Waals surface area contributed by atoms with Crippen LogP contribution in [0.25, 0.3) is 0 Å². The summed E-state index contributed by atoms with van der Waals surface area (Å²) in [7, 11) is 0. The molecule has 0 fully saturated rings. The first-order valence-corrected chi connectivity index (χ1v) is 6.86. The van der Waals surface area contributed by atoms with E-state index >= 15 is 0 Å². The number of carboxylic acid groups (broad SMARTS) is 1. The van der Waals surface area contributed by atoms with E-state index in [9.17, 15) is 14.4 Å². The van der Waals surface area contributed by atoms with Crippen LogP contribution in [0.15, 0.2) is 0 Å². The molecule has 0 aliphatic heterocycles. The summed E-state index contributed by atoms with van der Waals surface area (Å²) >= 11 is 15.1. The number of halogens is 3. The molecule has 0 heterocycles. The summed E-state index contributed by atoms with van der Waals surface area (Å²) in [5.41, 5.74) is 0. The molecule has 0 aromatic rings. The molecule has 20 heavy (non-hydrogen) atoms. The first kappa shape index (κ1) is 21.5. The van der Waals surface area contributed by atoms with E-state index < -0.39 is 17.9 Å². The highest BCUT2D eigenvalue weighted by Crippen LogP contribution is 1.86. The summed E-state index contributed by atoms with van der Waals surface area (Å²) in [6.45, 7) is 0.742. The maximum absolute atomic E-state index is 10.5. The Morgan fingerprint density at radius 3 is 1.35 bits per heavy atom. The molecular formula is C10H15Cl3O7. The van der Waals surface area contributed by atoms with E-state index in [1.807, 2.05) is 0 Å². The normalized spacial score (nSPS) is 9.15. The molecule has 0 aromatic carbocycles. The van der Waals surface area contributed by atoms with E-state index in [1.165, 1.54) is 0 Å². The largest absolute Gasteiger partial charge is 0.480 e. The predicted octanol–water partition coefficient (Wildman–Crippen LogP) is 0.877. The van der Waals surface area contributed by atoms with Gasteiger partial charge < -0.3 is 19.3 Å². The minimum Gasteiger partial charge on any atom is -0.480 e. The Bertz CT molecular complexity index is 266. The minimum absolute atomic E-state index is 0.134. The third-order valence-electron chi connectivity index (χ3n) is 1.31. The molecular weight excluding hydrogens is 338 g/mol. The van der Waals surface area contributed by atoms with Crippen LogP contribution < -0.4 is 0 Å². The molecule has 0 aliphatic rings. The van der Waals surface area contributed by atoms with Gasteiger partial charge >= 0.3 is 17.9 Å². The second-order valence-electron chi connectivity index (χ2n) is 2.85. The summed E-state index contributed by atoms with van der Waals surface area (Å²) in [5, 5.41) is 7.59. The molecule has 7 nitrogen and oxygen atoms in total. The lowest BCUT2D eigenvalue weighted by molar-refractivity contribution is -0.143. The van der Waals surface area contributed by atoms with Crippen molar-refractivity contribution in [1.82, 2.24) is 0 Å². The van der Waals surface area contributed by atoms with E-state index in [-0.39, 0.29) is 44.1 Å². The molecule has 0 rings (SSSR count). The average molecular weight is 354 g/mol. The van der Waals surface area contributed by atoms with Crippen LogP contribution in [0.2, 0.25) is 0 Å². The molecule has 0 radical (unpaired) electrons. The van der Waals surface area contributed by atoms with Crippen molar-refractivity contribution < 1.29 is 33.7 Å². The van der Waals surface area contributed by atoms with Gasteiger partial charge in [0.05, 0.1) is 13.2 Å². The molecule has 0 amide bonds. The lowest BCUT2D eigenvalue weighted by atomic mass is 10.7. The number of rotatable bonds is 9. The van der Waals surface area contributed by atoms with Crippen LogP contribution in [0.4, 0.5) is 0 Å². The minimum atomic E-state index is -0.980. The van der Waals surface area contributed by atoms with E-state index in [1.54, 1.807) is 0 Å². The van der Waals surface area contributed by atoms with Crippen molar-refractivity contribution in [2.75, 3.05) is 44.1 Å². The van der Waals surface area contributed by atoms with Gasteiger partial charge in [0, 0.05) is 0 Å². The highest BCUT2D eigenvalue weighted by Gasteiger charge is 2.00. The van der Waals surface area contributed by atoms with Crippen molar-refractivity contribution >= 4 is 52.7 Å². The van der Waals surface area contributed by atoms with E-state index in [0.717, 1.165) is 0 Å². The highest BCUT2D eigenvalue weighted by molar-refractivity contribution is 6.26. The zero-order valence-corrected chi connectivity index (χ0v) is 12.7. The van der Waals surface area contributed by atoms with Gasteiger partial charge in [0.1, 0.15) is 30.9 Å². The molecule has 0 saturated carbocycles. The summed E-state index contributed by atoms with van der Waals surface area (Å²) < 4.78 is 14.2. The van der Waals surface area contributed by atoms with Gasteiger partial charge in [-0.2, -0.15) is 0 Å². The van der Waals surface area contributed by atoms with Gasteiger partial charge in [0.2, 0.25) is 0 Å². The fraction of sp³-hybridized carbons (Fsp3) is 0.700. The number of hydrogen-bond acceptors (Lipinski definition) is 6. The first-order chi connectivity index (χ1) is 9.47. The van der Waals surface area contributed by atoms with E-state index in [4.69, 9.17) is 44.6 Å². The van der Waals surface area contributed by atoms with Gasteiger partial charge in [0.15, 0.2) is 0 Å². The molecule has 0 aliphatic carbocycles. The number of hydrogen-bond donors (Lipinski definition) is 1. The maximum Gasteiger partial charge on any atom is 0.320 e. The predicted molar refractivity (Wildman–Crippen MR) is 72.5 cm³/mol. The fourth-order valence-electron chi connectivity index (χ4n) is 0.608. The average Bonchev–Trinajstić information content (AvgIpc) is 2.46. The van der Waals surface area contributed by atoms with Crippen molar-refractivity contribution in [2.45, 2.75) is 0 Å². The number of carboxylic acids is 1. The number of alkyl halides is 3. The van der Waals surface area contributed by atoms with Gasteiger partial charge in [-0.05, 0) is 0 Å². The van der Waals surface area contributed by atoms with E-state index in [0.29, 0.717) is 0 Å². The molecule has 0 bridgehead atoms. The van der Waals surface area contributed by atoms with Crippen LogP contribution in [-0.2, 0) is 28.6 Å². The van der Waals surface area contributed by atoms with Crippen molar-refractivity contribution in [3.8, 4) is 0 Å². The third-order valence-corrected chi connectivity index (χ3v) is 1.98. The Morgan fingerprint density at radius 2 is 1.10 bits per heavy atom. The zero-order valence-electron chi connectivity index (χ0n) is 10.5. The van der Waals surface area contributed by atoms with Crippen molar-refractivity contribution in [2.24, 2.45) is 0 Å². The standard InChI is InChI=1S/C8H12Cl2O5.C2H3ClO2/c9-5-7(11)14-3-1-13-2-4-15-8(12)6-10;3-1-2(4)5/h1-6H2;1H2,(H,4,5). The van der Waals surface area contributed by atoms with Crippen LogP contribution in [0.3, 0.4) is 0 Å². The fourth-order valence-corrected chi connectivity index (χ4v) is 0.762. The van der Waals surface area contributed by atoms with Crippen LogP contribution in [0, 0.1) is 0 Å². The van der Waals surface area contributed by atoms with Gasteiger partial charge in [-0.25, -0.2) is 0 Å². The first-order valence-electron chi connectivity index (χ1n) is 5.26. The Balaban J connectivity index is 0. The zero-order chi connectivity index (χ0) is 15.8. The number of carbonyl (C=O) groups is 3. The summed E-state index contributed by atoms with van der Waals surface area (Å²) in [6, 6.07) is 0. The molecule has 0 unspecified atom stereocenters. The Labute approximate surface area is 131 Å². The number of carbonyl (C=O) groups excluding carboxylic acids is 2. The van der Waals surface area contributed by atoms with Crippen LogP contribution in [0.1, 0.15) is 0 Å². The lowest BCUT2D eigenvalue weighted by Gasteiger charge is -2.05. The Hall–Kier alpha value is -0.760. The van der Waals surface area contributed by atoms with E-state index in [2.05, 4.69) is 9.47 Å². The maximum atomic E-state index is 10.5. The van der Waals surface area contributed by atoms with Crippen LogP contribution >= 0.6 is 34.8 Å². The Kier molecular flexibility index (Phi) is 17.5. The quantitative estimate of drug-likeness (QED) is 0.373.